The molecule has 0 saturated heterocycles. The fourth-order valence-electron chi connectivity index (χ4n) is 7.08. The lowest BCUT2D eigenvalue weighted by molar-refractivity contribution is -0.870. The fourth-order valence-corrected chi connectivity index (χ4v) is 7.81. The van der Waals surface area contributed by atoms with Crippen molar-refractivity contribution >= 4 is 19.8 Å². The summed E-state index contributed by atoms with van der Waals surface area (Å²) >= 11 is 0. The van der Waals surface area contributed by atoms with Gasteiger partial charge in [-0.1, -0.05) is 207 Å². The maximum absolute atomic E-state index is 12.8. The Morgan fingerprint density at radius 3 is 1.17 bits per heavy atom. The number of carbonyl (C=O) groups excluding carboxylic acids is 2. The summed E-state index contributed by atoms with van der Waals surface area (Å²) in [4.78, 5) is 37.7. The van der Waals surface area contributed by atoms with Crippen LogP contribution in [-0.4, -0.2) is 70.0 Å². The highest BCUT2D eigenvalue weighted by Gasteiger charge is 2.21. The Kier molecular flexibility index (Phi) is 48.2. The largest absolute Gasteiger partial charge is 0.756 e. The van der Waals surface area contributed by atoms with E-state index in [1.165, 1.54) is 77.0 Å². The summed E-state index contributed by atoms with van der Waals surface area (Å²) in [6, 6.07) is 0. The highest BCUT2D eigenvalue weighted by atomic mass is 31.2. The molecule has 2 unspecified atom stereocenters. The molecule has 10 heteroatoms. The van der Waals surface area contributed by atoms with Gasteiger partial charge in [-0.25, -0.2) is 0 Å². The van der Waals surface area contributed by atoms with Crippen LogP contribution in [0.5, 0.6) is 0 Å². The first-order valence-corrected chi connectivity index (χ1v) is 29.1. The topological polar surface area (TPSA) is 111 Å². The average Bonchev–Trinajstić information content (AvgIpc) is 3.32. The van der Waals surface area contributed by atoms with E-state index in [0.717, 1.165) is 89.9 Å². The van der Waals surface area contributed by atoms with E-state index in [4.69, 9.17) is 18.5 Å². The molecular weight excluding hydrogens is 894 g/mol. The molecule has 0 aliphatic heterocycles. The molecule has 0 aliphatic rings. The van der Waals surface area contributed by atoms with Gasteiger partial charge in [-0.05, 0) is 96.3 Å². The number of carbonyl (C=O) groups is 2. The molecule has 0 aliphatic carbocycles. The summed E-state index contributed by atoms with van der Waals surface area (Å²) in [5.41, 5.74) is 0. The van der Waals surface area contributed by atoms with Crippen LogP contribution in [0.1, 0.15) is 206 Å². The molecule has 0 rings (SSSR count). The van der Waals surface area contributed by atoms with Crippen LogP contribution in [0.2, 0.25) is 0 Å². The lowest BCUT2D eigenvalue weighted by Crippen LogP contribution is -2.37. The molecule has 0 aromatic heterocycles. The molecule has 0 bridgehead atoms. The molecule has 0 fully saturated rings. The first kappa shape index (κ1) is 66.7. The number of hydrogen-bond acceptors (Lipinski definition) is 8. The predicted molar refractivity (Wildman–Crippen MR) is 295 cm³/mol. The Labute approximate surface area is 429 Å². The molecule has 0 aromatic rings. The van der Waals surface area contributed by atoms with Crippen LogP contribution in [0, 0.1) is 0 Å². The molecule has 0 heterocycles. The molecule has 70 heavy (non-hydrogen) atoms. The second kappa shape index (κ2) is 50.6. The summed E-state index contributed by atoms with van der Waals surface area (Å²) in [6.45, 7) is 3.95. The van der Waals surface area contributed by atoms with Gasteiger partial charge in [-0.2, -0.15) is 0 Å². The van der Waals surface area contributed by atoms with E-state index in [1.54, 1.807) is 0 Å². The molecule has 0 spiro atoms. The van der Waals surface area contributed by atoms with Crippen molar-refractivity contribution in [2.75, 3.05) is 47.5 Å². The second-order valence-electron chi connectivity index (χ2n) is 19.2. The van der Waals surface area contributed by atoms with Crippen LogP contribution in [-0.2, 0) is 32.7 Å². The lowest BCUT2D eigenvalue weighted by atomic mass is 10.0. The van der Waals surface area contributed by atoms with E-state index in [9.17, 15) is 19.0 Å². The molecule has 0 amide bonds. The molecule has 0 aromatic carbocycles. The van der Waals surface area contributed by atoms with Gasteiger partial charge in [0.05, 0.1) is 27.7 Å². The third-order valence-corrected chi connectivity index (χ3v) is 12.3. The quantitative estimate of drug-likeness (QED) is 0.0195. The number of nitrogens with zero attached hydrogens (tertiary/aromatic N) is 1. The average molecular weight is 996 g/mol. The van der Waals surface area contributed by atoms with Gasteiger partial charge in [-0.3, -0.25) is 14.2 Å². The zero-order chi connectivity index (χ0) is 51.3. The molecule has 0 N–H and O–H groups in total. The Balaban J connectivity index is 4.15. The van der Waals surface area contributed by atoms with E-state index in [2.05, 4.69) is 123 Å². The number of unbranched alkanes of at least 4 members (excludes halogenated alkanes) is 17. The van der Waals surface area contributed by atoms with Crippen molar-refractivity contribution in [2.45, 2.75) is 213 Å². The van der Waals surface area contributed by atoms with Crippen molar-refractivity contribution in [2.24, 2.45) is 0 Å². The summed E-state index contributed by atoms with van der Waals surface area (Å²) < 4.78 is 34.0. The van der Waals surface area contributed by atoms with Crippen LogP contribution in [0.3, 0.4) is 0 Å². The van der Waals surface area contributed by atoms with Gasteiger partial charge in [0.2, 0.25) is 0 Å². The molecule has 400 valence electrons. The highest BCUT2D eigenvalue weighted by Crippen LogP contribution is 2.38. The number of quaternary nitrogens is 1. The first-order valence-electron chi connectivity index (χ1n) is 27.6. The lowest BCUT2D eigenvalue weighted by Gasteiger charge is -2.28. The maximum Gasteiger partial charge on any atom is 0.306 e. The number of phosphoric ester groups is 1. The third-order valence-electron chi connectivity index (χ3n) is 11.3. The van der Waals surface area contributed by atoms with E-state index >= 15 is 0 Å². The predicted octanol–water partition coefficient (Wildman–Crippen LogP) is 16.4. The van der Waals surface area contributed by atoms with E-state index in [0.29, 0.717) is 23.9 Å². The number of rotatable bonds is 49. The molecule has 0 radical (unpaired) electrons. The summed E-state index contributed by atoms with van der Waals surface area (Å²) in [5, 5.41) is 0. The van der Waals surface area contributed by atoms with Crippen molar-refractivity contribution in [3.05, 3.63) is 109 Å². The number of ether oxygens (including phenoxy) is 2. The Hall–Kier alpha value is -3.33. The Morgan fingerprint density at radius 1 is 0.443 bits per heavy atom. The normalized spacial score (nSPS) is 14.2. The highest BCUT2D eigenvalue weighted by molar-refractivity contribution is 7.45. The first-order chi connectivity index (χ1) is 34.0. The Morgan fingerprint density at radius 2 is 0.771 bits per heavy atom. The number of allylic oxidation sites excluding steroid dienone is 18. The van der Waals surface area contributed by atoms with Crippen LogP contribution in [0.25, 0.3) is 0 Å². The van der Waals surface area contributed by atoms with Gasteiger partial charge in [0.15, 0.2) is 6.10 Å². The SMILES string of the molecule is CC/C=C\C/C=C\C/C=C\C/C=C\C/C=C\CCCCCCCCCCCCCCCCCC(=O)OC(COC(=O)CCCC/C=C\C/C=C\C/C=C\C/C=C\CC)COP(=O)([O-])OCC[N+](C)(C)C. The van der Waals surface area contributed by atoms with Crippen molar-refractivity contribution in [3.63, 3.8) is 0 Å². The van der Waals surface area contributed by atoms with Crippen molar-refractivity contribution in [1.29, 1.82) is 0 Å². The van der Waals surface area contributed by atoms with E-state index in [-0.39, 0.29) is 26.1 Å². The Bertz CT molecular complexity index is 1550. The van der Waals surface area contributed by atoms with Crippen molar-refractivity contribution < 1.29 is 42.1 Å². The number of phosphoric acid groups is 1. The summed E-state index contributed by atoms with van der Waals surface area (Å²) in [7, 11) is 1.13. The van der Waals surface area contributed by atoms with Gasteiger partial charge in [0.25, 0.3) is 7.82 Å². The van der Waals surface area contributed by atoms with Crippen molar-refractivity contribution in [1.82, 2.24) is 0 Å². The standard InChI is InChI=1S/C60H102NO8P/c1-6-8-10-12-14-16-18-20-22-23-24-25-26-27-28-29-30-31-32-33-34-35-36-37-39-41-43-45-47-49-51-53-60(63)69-58(57-68-70(64,65)67-55-54-61(3,4)5)56-66-59(62)52-50-48-46-44-42-40-38-21-19-17-15-13-11-9-7-2/h8-11,14-17,20-22,24-25,27-28,38,42,44,58H,6-7,12-13,18-19,23,26,29-37,39-41,43,45-57H2,1-5H3/b10-8-,11-9-,16-14-,17-15-,22-20-,25-24-,28-27-,38-21-,44-42-. The zero-order valence-corrected chi connectivity index (χ0v) is 46.1. The van der Waals surface area contributed by atoms with Gasteiger partial charge in [0.1, 0.15) is 19.8 Å². The smallest absolute Gasteiger partial charge is 0.306 e. The van der Waals surface area contributed by atoms with E-state index in [1.807, 2.05) is 21.1 Å². The summed E-state index contributed by atoms with van der Waals surface area (Å²) in [6.07, 6.45) is 70.0. The minimum absolute atomic E-state index is 0.0424. The molecular formula is C60H102NO8P. The summed E-state index contributed by atoms with van der Waals surface area (Å²) in [5.74, 6) is -0.888. The monoisotopic (exact) mass is 996 g/mol. The molecule has 0 saturated carbocycles. The number of esters is 2. The van der Waals surface area contributed by atoms with Crippen LogP contribution >= 0.6 is 7.82 Å². The number of likely N-dealkylation sites (N-methyl/N-ethyl adjacent to an activating group) is 1. The van der Waals surface area contributed by atoms with Gasteiger partial charge < -0.3 is 27.9 Å². The zero-order valence-electron chi connectivity index (χ0n) is 45.2. The van der Waals surface area contributed by atoms with E-state index < -0.39 is 32.5 Å². The minimum Gasteiger partial charge on any atom is -0.756 e. The fraction of sp³-hybridized carbons (Fsp3) is 0.667. The number of hydrogen-bond donors (Lipinski definition) is 0. The maximum atomic E-state index is 12.8. The molecule has 9 nitrogen and oxygen atoms in total. The van der Waals surface area contributed by atoms with Gasteiger partial charge >= 0.3 is 11.9 Å². The van der Waals surface area contributed by atoms with Crippen LogP contribution in [0.4, 0.5) is 0 Å². The van der Waals surface area contributed by atoms with Gasteiger partial charge in [0, 0.05) is 12.8 Å². The second-order valence-corrected chi connectivity index (χ2v) is 20.6. The third kappa shape index (κ3) is 54.0. The van der Waals surface area contributed by atoms with Gasteiger partial charge in [-0.15, -0.1) is 0 Å². The van der Waals surface area contributed by atoms with Crippen LogP contribution in [0.15, 0.2) is 109 Å². The minimum atomic E-state index is -4.65. The van der Waals surface area contributed by atoms with Crippen LogP contribution < -0.4 is 4.89 Å². The van der Waals surface area contributed by atoms with Crippen molar-refractivity contribution in [3.8, 4) is 0 Å². The molecule has 2 atom stereocenters.